The Bertz CT molecular complexity index is 1480. The lowest BCUT2D eigenvalue weighted by molar-refractivity contribution is -0.0510. The van der Waals surface area contributed by atoms with E-state index in [1.807, 2.05) is 50.2 Å². The van der Waals surface area contributed by atoms with Crippen LogP contribution in [0, 0.1) is 0 Å². The highest BCUT2D eigenvalue weighted by Crippen LogP contribution is 2.52. The summed E-state index contributed by atoms with van der Waals surface area (Å²) in [6.07, 6.45) is -2.20. The van der Waals surface area contributed by atoms with E-state index in [2.05, 4.69) is 0 Å². The fourth-order valence-corrected chi connectivity index (χ4v) is 4.64. The van der Waals surface area contributed by atoms with Gasteiger partial charge in [0, 0.05) is 6.07 Å². The zero-order chi connectivity index (χ0) is 21.5. The maximum absolute atomic E-state index is 13.6. The van der Waals surface area contributed by atoms with Crippen LogP contribution in [0.3, 0.4) is 0 Å². The summed E-state index contributed by atoms with van der Waals surface area (Å²) < 4.78 is 28.8. The molecule has 1 fully saturated rings. The summed E-state index contributed by atoms with van der Waals surface area (Å²) in [6.45, 7) is 3.63. The van der Waals surface area contributed by atoms with E-state index in [0.717, 1.165) is 10.8 Å². The van der Waals surface area contributed by atoms with Gasteiger partial charge in [-0.1, -0.05) is 24.3 Å². The van der Waals surface area contributed by atoms with Crippen molar-refractivity contribution < 1.29 is 28.2 Å². The van der Waals surface area contributed by atoms with E-state index in [0.29, 0.717) is 27.9 Å². The van der Waals surface area contributed by atoms with E-state index in [1.165, 1.54) is 7.11 Å². The monoisotopic (exact) mass is 418 g/mol. The van der Waals surface area contributed by atoms with Gasteiger partial charge in [-0.05, 0) is 36.8 Å². The quantitative estimate of drug-likeness (QED) is 0.322. The van der Waals surface area contributed by atoms with Gasteiger partial charge in [0.2, 0.25) is 5.43 Å². The first-order valence-corrected chi connectivity index (χ1v) is 9.94. The third kappa shape index (κ3) is 2.40. The lowest BCUT2D eigenvalue weighted by atomic mass is 9.87. The van der Waals surface area contributed by atoms with Crippen molar-refractivity contribution in [3.05, 3.63) is 58.3 Å². The summed E-state index contributed by atoms with van der Waals surface area (Å²) in [6, 6.07) is 13.1. The fourth-order valence-electron chi connectivity index (χ4n) is 4.64. The summed E-state index contributed by atoms with van der Waals surface area (Å²) in [7, 11) is 1.46. The van der Waals surface area contributed by atoms with Gasteiger partial charge in [-0.25, -0.2) is 4.79 Å². The first-order valence-electron chi connectivity index (χ1n) is 9.94. The number of ether oxygens (including phenoxy) is 4. The highest BCUT2D eigenvalue weighted by Gasteiger charge is 2.54. The molecule has 2 aliphatic heterocycles. The van der Waals surface area contributed by atoms with Crippen LogP contribution in [-0.2, 0) is 9.47 Å². The standard InChI is InChI=1S/C24H18O7/c1-24(2)22-21(29-23(26)30-22)18-16(31-24)10-15-17(20(18)27-3)19(25)13-8-11-6-4-5-7-12(11)9-14(13)28-15/h4-10,21-22H,1-3H3/t21-,22-/m1/s1. The summed E-state index contributed by atoms with van der Waals surface area (Å²) in [4.78, 5) is 25.5. The van der Waals surface area contributed by atoms with Gasteiger partial charge in [-0.3, -0.25) is 4.79 Å². The number of methoxy groups -OCH3 is 1. The molecule has 2 atom stereocenters. The van der Waals surface area contributed by atoms with Crippen LogP contribution >= 0.6 is 0 Å². The molecule has 1 saturated heterocycles. The molecule has 1 aromatic heterocycles. The molecule has 156 valence electrons. The van der Waals surface area contributed by atoms with Gasteiger partial charge in [-0.2, -0.15) is 0 Å². The Morgan fingerprint density at radius 1 is 0.968 bits per heavy atom. The minimum absolute atomic E-state index is 0.228. The predicted octanol–water partition coefficient (Wildman–Crippen LogP) is 4.86. The molecule has 0 unspecified atom stereocenters. The average molecular weight is 418 g/mol. The summed E-state index contributed by atoms with van der Waals surface area (Å²) in [5, 5.41) is 2.62. The SMILES string of the molecule is COc1c2c(cc3oc4cc5ccccc5cc4c(=O)c13)OC(C)(C)[C@@H]1OC(=O)O[C@H]21. The third-order valence-electron chi connectivity index (χ3n) is 6.05. The molecular formula is C24H18O7. The number of benzene rings is 3. The van der Waals surface area contributed by atoms with Crippen LogP contribution in [0.15, 0.2) is 51.7 Å². The molecule has 7 nitrogen and oxygen atoms in total. The molecule has 0 saturated carbocycles. The van der Waals surface area contributed by atoms with Gasteiger partial charge in [0.05, 0.1) is 18.1 Å². The van der Waals surface area contributed by atoms with E-state index in [4.69, 9.17) is 23.4 Å². The van der Waals surface area contributed by atoms with Crippen LogP contribution < -0.4 is 14.9 Å². The van der Waals surface area contributed by atoms with E-state index in [9.17, 15) is 9.59 Å². The number of hydrogen-bond donors (Lipinski definition) is 0. The third-order valence-corrected chi connectivity index (χ3v) is 6.05. The minimum Gasteiger partial charge on any atom is -0.495 e. The molecule has 0 bridgehead atoms. The molecule has 0 aliphatic carbocycles. The second-order valence-electron chi connectivity index (χ2n) is 8.35. The lowest BCUT2D eigenvalue weighted by Crippen LogP contribution is -2.48. The molecule has 31 heavy (non-hydrogen) atoms. The fraction of sp³-hybridized carbons (Fsp3) is 0.250. The van der Waals surface area contributed by atoms with Gasteiger partial charge in [0.25, 0.3) is 0 Å². The van der Waals surface area contributed by atoms with Crippen LogP contribution in [0.2, 0.25) is 0 Å². The molecule has 0 spiro atoms. The molecule has 6 rings (SSSR count). The zero-order valence-corrected chi connectivity index (χ0v) is 17.1. The first kappa shape index (κ1) is 18.1. The number of carbonyl (C=O) groups is 1. The van der Waals surface area contributed by atoms with E-state index >= 15 is 0 Å². The van der Waals surface area contributed by atoms with Crippen LogP contribution in [0.4, 0.5) is 4.79 Å². The Balaban J connectivity index is 1.72. The van der Waals surface area contributed by atoms with Gasteiger partial charge in [0.15, 0.2) is 12.2 Å². The van der Waals surface area contributed by atoms with Crippen molar-refractivity contribution in [3.8, 4) is 11.5 Å². The van der Waals surface area contributed by atoms with Crippen molar-refractivity contribution in [2.75, 3.05) is 7.11 Å². The van der Waals surface area contributed by atoms with Crippen molar-refractivity contribution in [2.45, 2.75) is 31.7 Å². The largest absolute Gasteiger partial charge is 0.509 e. The Morgan fingerprint density at radius 3 is 2.45 bits per heavy atom. The van der Waals surface area contributed by atoms with E-state index in [1.54, 1.807) is 6.07 Å². The van der Waals surface area contributed by atoms with Crippen molar-refractivity contribution in [3.63, 3.8) is 0 Å². The van der Waals surface area contributed by atoms with Gasteiger partial charge < -0.3 is 23.4 Å². The zero-order valence-electron chi connectivity index (χ0n) is 17.1. The van der Waals surface area contributed by atoms with Crippen LogP contribution in [0.1, 0.15) is 25.5 Å². The lowest BCUT2D eigenvalue weighted by Gasteiger charge is -2.38. The van der Waals surface area contributed by atoms with Crippen molar-refractivity contribution in [1.29, 1.82) is 0 Å². The van der Waals surface area contributed by atoms with Crippen molar-refractivity contribution >= 4 is 38.9 Å². The Labute approximate surface area is 176 Å². The summed E-state index contributed by atoms with van der Waals surface area (Å²) in [5.74, 6) is 0.692. The Hall–Kier alpha value is -3.74. The average Bonchev–Trinajstić information content (AvgIpc) is 3.14. The Morgan fingerprint density at radius 2 is 1.71 bits per heavy atom. The van der Waals surface area contributed by atoms with E-state index < -0.39 is 24.0 Å². The molecule has 7 heteroatoms. The van der Waals surface area contributed by atoms with Gasteiger partial charge in [-0.15, -0.1) is 0 Å². The van der Waals surface area contributed by atoms with Crippen molar-refractivity contribution in [2.24, 2.45) is 0 Å². The van der Waals surface area contributed by atoms with Crippen molar-refractivity contribution in [1.82, 2.24) is 0 Å². The maximum atomic E-state index is 13.6. The molecule has 0 amide bonds. The number of carbonyl (C=O) groups excluding carboxylic acids is 1. The number of fused-ring (bicyclic) bond motifs is 6. The molecular weight excluding hydrogens is 400 g/mol. The molecule has 0 radical (unpaired) electrons. The molecule has 0 N–H and O–H groups in total. The maximum Gasteiger partial charge on any atom is 0.509 e. The molecule has 3 heterocycles. The smallest absolute Gasteiger partial charge is 0.495 e. The second kappa shape index (κ2) is 5.91. The highest BCUT2D eigenvalue weighted by molar-refractivity contribution is 6.01. The molecule has 3 aromatic carbocycles. The van der Waals surface area contributed by atoms with Gasteiger partial charge in [0.1, 0.15) is 33.7 Å². The van der Waals surface area contributed by atoms with Gasteiger partial charge >= 0.3 is 6.16 Å². The summed E-state index contributed by atoms with van der Waals surface area (Å²) in [5.41, 5.74) is 0.214. The molecule has 4 aromatic rings. The predicted molar refractivity (Wildman–Crippen MR) is 113 cm³/mol. The minimum atomic E-state index is -0.837. The highest BCUT2D eigenvalue weighted by atomic mass is 16.8. The number of hydrogen-bond acceptors (Lipinski definition) is 7. The Kier molecular flexibility index (Phi) is 3.44. The first-order chi connectivity index (χ1) is 14.9. The normalized spacial score (nSPS) is 21.3. The van der Waals surface area contributed by atoms with Crippen LogP contribution in [0.5, 0.6) is 11.5 Å². The van der Waals surface area contributed by atoms with E-state index in [-0.39, 0.29) is 16.6 Å². The van der Waals surface area contributed by atoms with Crippen LogP contribution in [-0.4, -0.2) is 25.0 Å². The van der Waals surface area contributed by atoms with Crippen LogP contribution in [0.25, 0.3) is 32.7 Å². The number of rotatable bonds is 1. The molecule has 2 aliphatic rings. The summed E-state index contributed by atoms with van der Waals surface area (Å²) >= 11 is 0. The topological polar surface area (TPSA) is 84.2 Å². The second-order valence-corrected chi connectivity index (χ2v) is 8.35.